The molecule has 0 aliphatic heterocycles. The van der Waals surface area contributed by atoms with Gasteiger partial charge in [-0.15, -0.1) is 0 Å². The minimum absolute atomic E-state index is 0.0556. The highest BCUT2D eigenvalue weighted by Gasteiger charge is 2.42. The highest BCUT2D eigenvalue weighted by atomic mass is 16.5. The SMILES string of the molecule is CCOc1ccc(NC(=O)C2(OCC)CCCC(C)C2)c(C)n1. The summed E-state index contributed by atoms with van der Waals surface area (Å²) in [5.41, 5.74) is 0.757. The van der Waals surface area contributed by atoms with E-state index in [4.69, 9.17) is 9.47 Å². The van der Waals surface area contributed by atoms with Gasteiger partial charge in [0, 0.05) is 12.7 Å². The van der Waals surface area contributed by atoms with Crippen LogP contribution in [0.5, 0.6) is 5.88 Å². The second-order valence-corrected chi connectivity index (χ2v) is 6.30. The van der Waals surface area contributed by atoms with Crippen LogP contribution >= 0.6 is 0 Å². The van der Waals surface area contributed by atoms with E-state index in [1.807, 2.05) is 26.8 Å². The molecule has 1 aliphatic carbocycles. The van der Waals surface area contributed by atoms with Gasteiger partial charge in [0.2, 0.25) is 5.88 Å². The van der Waals surface area contributed by atoms with Crippen LogP contribution < -0.4 is 10.1 Å². The number of carbonyl (C=O) groups is 1. The molecule has 1 aromatic heterocycles. The number of anilines is 1. The van der Waals surface area contributed by atoms with Crippen molar-refractivity contribution < 1.29 is 14.3 Å². The lowest BCUT2D eigenvalue weighted by Crippen LogP contribution is -2.48. The zero-order valence-corrected chi connectivity index (χ0v) is 14.6. The molecule has 1 heterocycles. The lowest BCUT2D eigenvalue weighted by atomic mass is 9.78. The fraction of sp³-hybridized carbons (Fsp3) is 0.667. The summed E-state index contributed by atoms with van der Waals surface area (Å²) in [5.74, 6) is 1.02. The Hall–Kier alpha value is -1.62. The maximum absolute atomic E-state index is 12.9. The molecule has 5 heteroatoms. The molecular weight excluding hydrogens is 292 g/mol. The first-order valence-electron chi connectivity index (χ1n) is 8.56. The van der Waals surface area contributed by atoms with E-state index in [2.05, 4.69) is 17.2 Å². The van der Waals surface area contributed by atoms with Gasteiger partial charge >= 0.3 is 0 Å². The zero-order valence-electron chi connectivity index (χ0n) is 14.6. The standard InChI is InChI=1S/C18H28N2O3/c1-5-22-16-10-9-15(14(4)19-16)20-17(21)18(23-6-2)11-7-8-13(3)12-18/h9-10,13H,5-8,11-12H2,1-4H3,(H,20,21). The predicted octanol–water partition coefficient (Wildman–Crippen LogP) is 3.71. The number of ether oxygens (including phenoxy) is 2. The number of hydrogen-bond acceptors (Lipinski definition) is 4. The van der Waals surface area contributed by atoms with Crippen LogP contribution in [0, 0.1) is 12.8 Å². The van der Waals surface area contributed by atoms with Crippen LogP contribution in [0.25, 0.3) is 0 Å². The normalized spacial score (nSPS) is 24.3. The Bertz CT molecular complexity index is 543. The Labute approximate surface area is 138 Å². The average molecular weight is 320 g/mol. The molecule has 1 aromatic rings. The van der Waals surface area contributed by atoms with Gasteiger partial charge in [-0.1, -0.05) is 13.3 Å². The van der Waals surface area contributed by atoms with Gasteiger partial charge in [-0.05, 0) is 52.0 Å². The molecule has 1 saturated carbocycles. The second-order valence-electron chi connectivity index (χ2n) is 6.30. The molecule has 23 heavy (non-hydrogen) atoms. The number of rotatable bonds is 6. The van der Waals surface area contributed by atoms with Crippen molar-refractivity contribution in [1.29, 1.82) is 0 Å². The minimum Gasteiger partial charge on any atom is -0.478 e. The smallest absolute Gasteiger partial charge is 0.256 e. The number of nitrogens with zero attached hydrogens (tertiary/aromatic N) is 1. The molecular formula is C18H28N2O3. The Morgan fingerprint density at radius 1 is 1.39 bits per heavy atom. The highest BCUT2D eigenvalue weighted by Crippen LogP contribution is 2.36. The molecule has 0 bridgehead atoms. The first-order chi connectivity index (χ1) is 11.0. The number of amides is 1. The van der Waals surface area contributed by atoms with E-state index in [1.54, 1.807) is 6.07 Å². The van der Waals surface area contributed by atoms with E-state index in [-0.39, 0.29) is 5.91 Å². The summed E-state index contributed by atoms with van der Waals surface area (Å²) < 4.78 is 11.3. The largest absolute Gasteiger partial charge is 0.478 e. The quantitative estimate of drug-likeness (QED) is 0.868. The third-order valence-electron chi connectivity index (χ3n) is 4.39. The molecule has 0 spiro atoms. The number of aromatic nitrogens is 1. The van der Waals surface area contributed by atoms with Gasteiger partial charge in [0.25, 0.3) is 5.91 Å². The van der Waals surface area contributed by atoms with Gasteiger partial charge in [0.1, 0.15) is 5.60 Å². The summed E-state index contributed by atoms with van der Waals surface area (Å²) in [6.45, 7) is 9.03. The predicted molar refractivity (Wildman–Crippen MR) is 90.8 cm³/mol. The highest BCUT2D eigenvalue weighted by molar-refractivity contribution is 5.97. The van der Waals surface area contributed by atoms with Crippen molar-refractivity contribution >= 4 is 11.6 Å². The molecule has 2 atom stereocenters. The minimum atomic E-state index is -0.711. The van der Waals surface area contributed by atoms with E-state index < -0.39 is 5.60 Å². The van der Waals surface area contributed by atoms with Gasteiger partial charge in [0.15, 0.2) is 0 Å². The summed E-state index contributed by atoms with van der Waals surface area (Å²) in [6.07, 6.45) is 3.73. The number of aryl methyl sites for hydroxylation is 1. The number of pyridine rings is 1. The van der Waals surface area contributed by atoms with Crippen LogP contribution in [0.2, 0.25) is 0 Å². The maximum atomic E-state index is 12.9. The van der Waals surface area contributed by atoms with Crippen molar-refractivity contribution in [3.05, 3.63) is 17.8 Å². The van der Waals surface area contributed by atoms with E-state index in [0.29, 0.717) is 25.0 Å². The topological polar surface area (TPSA) is 60.5 Å². The Kier molecular flexibility index (Phi) is 5.99. The van der Waals surface area contributed by atoms with Gasteiger partial charge in [-0.25, -0.2) is 4.98 Å². The van der Waals surface area contributed by atoms with Crippen molar-refractivity contribution in [3.8, 4) is 5.88 Å². The summed E-state index contributed by atoms with van der Waals surface area (Å²) >= 11 is 0. The Morgan fingerprint density at radius 3 is 2.78 bits per heavy atom. The molecule has 0 aromatic carbocycles. The van der Waals surface area contributed by atoms with Crippen LogP contribution in [0.3, 0.4) is 0 Å². The number of nitrogens with one attached hydrogen (secondary N) is 1. The second kappa shape index (κ2) is 7.77. The van der Waals surface area contributed by atoms with Gasteiger partial charge in [-0.3, -0.25) is 4.79 Å². The van der Waals surface area contributed by atoms with Crippen LogP contribution in [-0.2, 0) is 9.53 Å². The maximum Gasteiger partial charge on any atom is 0.256 e. The average Bonchev–Trinajstić information content (AvgIpc) is 2.50. The lowest BCUT2D eigenvalue weighted by Gasteiger charge is -2.38. The monoisotopic (exact) mass is 320 g/mol. The van der Waals surface area contributed by atoms with Gasteiger partial charge in [0.05, 0.1) is 18.0 Å². The van der Waals surface area contributed by atoms with E-state index in [9.17, 15) is 4.79 Å². The fourth-order valence-electron chi connectivity index (χ4n) is 3.32. The molecule has 0 saturated heterocycles. The molecule has 1 amide bonds. The number of carbonyl (C=O) groups excluding carboxylic acids is 1. The summed E-state index contributed by atoms with van der Waals surface area (Å²) in [6, 6.07) is 3.63. The first-order valence-corrected chi connectivity index (χ1v) is 8.56. The fourth-order valence-corrected chi connectivity index (χ4v) is 3.32. The first kappa shape index (κ1) is 17.7. The third-order valence-corrected chi connectivity index (χ3v) is 4.39. The molecule has 2 rings (SSSR count). The zero-order chi connectivity index (χ0) is 16.9. The Morgan fingerprint density at radius 2 is 2.17 bits per heavy atom. The van der Waals surface area contributed by atoms with E-state index >= 15 is 0 Å². The van der Waals surface area contributed by atoms with Gasteiger partial charge < -0.3 is 14.8 Å². The van der Waals surface area contributed by atoms with Crippen LogP contribution in [0.1, 0.15) is 52.1 Å². The third kappa shape index (κ3) is 4.22. The van der Waals surface area contributed by atoms with Crippen molar-refractivity contribution in [2.24, 2.45) is 5.92 Å². The molecule has 1 N–H and O–H groups in total. The summed E-state index contributed by atoms with van der Waals surface area (Å²) in [7, 11) is 0. The molecule has 0 radical (unpaired) electrons. The van der Waals surface area contributed by atoms with Crippen molar-refractivity contribution in [2.45, 2.75) is 59.0 Å². The molecule has 128 valence electrons. The van der Waals surface area contributed by atoms with E-state index in [0.717, 1.165) is 37.1 Å². The summed E-state index contributed by atoms with van der Waals surface area (Å²) in [4.78, 5) is 17.3. The number of hydrogen-bond donors (Lipinski definition) is 1. The Balaban J connectivity index is 2.15. The van der Waals surface area contributed by atoms with Crippen LogP contribution in [-0.4, -0.2) is 29.7 Å². The molecule has 1 fully saturated rings. The van der Waals surface area contributed by atoms with Crippen LogP contribution in [0.15, 0.2) is 12.1 Å². The van der Waals surface area contributed by atoms with Crippen molar-refractivity contribution in [2.75, 3.05) is 18.5 Å². The molecule has 2 unspecified atom stereocenters. The van der Waals surface area contributed by atoms with Crippen molar-refractivity contribution in [3.63, 3.8) is 0 Å². The lowest BCUT2D eigenvalue weighted by molar-refractivity contribution is -0.147. The van der Waals surface area contributed by atoms with Crippen molar-refractivity contribution in [1.82, 2.24) is 4.98 Å². The summed E-state index contributed by atoms with van der Waals surface area (Å²) in [5, 5.41) is 3.01. The molecule has 1 aliphatic rings. The van der Waals surface area contributed by atoms with Gasteiger partial charge in [-0.2, -0.15) is 0 Å². The van der Waals surface area contributed by atoms with Crippen LogP contribution in [0.4, 0.5) is 5.69 Å². The van der Waals surface area contributed by atoms with E-state index in [1.165, 1.54) is 0 Å². The molecule has 5 nitrogen and oxygen atoms in total.